The zero-order chi connectivity index (χ0) is 15.0. The third-order valence-corrected chi connectivity index (χ3v) is 3.21. The van der Waals surface area contributed by atoms with Crippen LogP contribution in [0, 0.1) is 5.92 Å². The minimum Gasteiger partial charge on any atom is -0.480 e. The Kier molecular flexibility index (Phi) is 6.49. The van der Waals surface area contributed by atoms with Gasteiger partial charge in [-0.15, -0.1) is 0 Å². The maximum absolute atomic E-state index is 11.7. The summed E-state index contributed by atoms with van der Waals surface area (Å²) in [6, 6.07) is 2.44. The fraction of sp³-hybridized carbons (Fsp3) is 0.500. The zero-order valence-corrected chi connectivity index (χ0v) is 11.8. The van der Waals surface area contributed by atoms with Gasteiger partial charge < -0.3 is 15.7 Å². The molecule has 20 heavy (non-hydrogen) atoms. The summed E-state index contributed by atoms with van der Waals surface area (Å²) in [6.07, 6.45) is 4.75. The van der Waals surface area contributed by atoms with Crippen molar-refractivity contribution in [3.63, 3.8) is 0 Å². The Labute approximate surface area is 118 Å². The van der Waals surface area contributed by atoms with Gasteiger partial charge in [-0.2, -0.15) is 0 Å². The van der Waals surface area contributed by atoms with Gasteiger partial charge in [0.1, 0.15) is 6.04 Å². The van der Waals surface area contributed by atoms with Crippen LogP contribution >= 0.6 is 0 Å². The zero-order valence-electron chi connectivity index (χ0n) is 11.8. The van der Waals surface area contributed by atoms with E-state index in [1.54, 1.807) is 19.3 Å². The van der Waals surface area contributed by atoms with Gasteiger partial charge in [0.05, 0.1) is 0 Å². The summed E-state index contributed by atoms with van der Waals surface area (Å²) in [6.45, 7) is 4.14. The number of urea groups is 1. The Morgan fingerprint density at radius 1 is 1.35 bits per heavy atom. The fourth-order valence-electron chi connectivity index (χ4n) is 1.75. The van der Waals surface area contributed by atoms with Crippen LogP contribution in [-0.2, 0) is 11.2 Å². The average molecular weight is 279 g/mol. The third-order valence-electron chi connectivity index (χ3n) is 3.21. The Hall–Kier alpha value is -2.11. The number of aromatic nitrogens is 1. The van der Waals surface area contributed by atoms with Gasteiger partial charge in [0.15, 0.2) is 0 Å². The molecule has 0 saturated carbocycles. The quantitative estimate of drug-likeness (QED) is 0.704. The van der Waals surface area contributed by atoms with E-state index in [2.05, 4.69) is 15.6 Å². The van der Waals surface area contributed by atoms with Gasteiger partial charge in [-0.1, -0.05) is 20.3 Å². The predicted molar refractivity (Wildman–Crippen MR) is 75.4 cm³/mol. The molecule has 0 aromatic carbocycles. The van der Waals surface area contributed by atoms with Gasteiger partial charge in [0, 0.05) is 18.9 Å². The molecular weight excluding hydrogens is 258 g/mol. The summed E-state index contributed by atoms with van der Waals surface area (Å²) in [4.78, 5) is 26.7. The molecule has 6 heteroatoms. The van der Waals surface area contributed by atoms with Crippen molar-refractivity contribution < 1.29 is 14.7 Å². The monoisotopic (exact) mass is 279 g/mol. The summed E-state index contributed by atoms with van der Waals surface area (Å²) < 4.78 is 0. The van der Waals surface area contributed by atoms with Crippen molar-refractivity contribution in [3.05, 3.63) is 30.1 Å². The molecule has 0 aliphatic carbocycles. The molecule has 0 spiro atoms. The molecule has 0 radical (unpaired) electrons. The molecule has 1 aromatic heterocycles. The molecule has 1 heterocycles. The minimum absolute atomic E-state index is 0.113. The molecule has 3 N–H and O–H groups in total. The largest absolute Gasteiger partial charge is 0.480 e. The Morgan fingerprint density at radius 2 is 2.00 bits per heavy atom. The van der Waals surface area contributed by atoms with Crippen LogP contribution in [-0.4, -0.2) is 34.7 Å². The second-order valence-corrected chi connectivity index (χ2v) is 4.71. The number of rotatable bonds is 7. The maximum Gasteiger partial charge on any atom is 0.326 e. The van der Waals surface area contributed by atoms with Gasteiger partial charge in [-0.3, -0.25) is 4.98 Å². The van der Waals surface area contributed by atoms with Gasteiger partial charge in [-0.05, 0) is 30.0 Å². The van der Waals surface area contributed by atoms with Crippen LogP contribution < -0.4 is 10.6 Å². The molecule has 2 amide bonds. The Morgan fingerprint density at radius 3 is 2.55 bits per heavy atom. The molecular formula is C14H21N3O3. The first kappa shape index (κ1) is 15.9. The van der Waals surface area contributed by atoms with Crippen LogP contribution in [0.1, 0.15) is 25.8 Å². The molecule has 0 aliphatic rings. The second kappa shape index (κ2) is 8.14. The van der Waals surface area contributed by atoms with Crippen molar-refractivity contribution in [2.75, 3.05) is 6.54 Å². The van der Waals surface area contributed by atoms with Gasteiger partial charge in [-0.25, -0.2) is 9.59 Å². The van der Waals surface area contributed by atoms with Crippen molar-refractivity contribution in [2.45, 2.75) is 32.7 Å². The topological polar surface area (TPSA) is 91.3 Å². The van der Waals surface area contributed by atoms with E-state index in [9.17, 15) is 9.59 Å². The van der Waals surface area contributed by atoms with Gasteiger partial charge in [0.25, 0.3) is 0 Å². The first-order valence-corrected chi connectivity index (χ1v) is 6.70. The van der Waals surface area contributed by atoms with E-state index in [0.29, 0.717) is 19.4 Å². The highest BCUT2D eigenvalue weighted by Crippen LogP contribution is 2.07. The number of carboxylic acid groups (broad SMARTS) is 1. The van der Waals surface area contributed by atoms with Crippen LogP contribution in [0.5, 0.6) is 0 Å². The van der Waals surface area contributed by atoms with Crippen LogP contribution in [0.3, 0.4) is 0 Å². The Balaban J connectivity index is 2.37. The van der Waals surface area contributed by atoms with E-state index in [-0.39, 0.29) is 5.92 Å². The van der Waals surface area contributed by atoms with Crippen molar-refractivity contribution in [3.8, 4) is 0 Å². The fourth-order valence-corrected chi connectivity index (χ4v) is 1.75. The number of pyridine rings is 1. The molecule has 0 fully saturated rings. The number of carbonyl (C=O) groups is 2. The highest BCUT2D eigenvalue weighted by atomic mass is 16.4. The molecule has 0 bridgehead atoms. The molecule has 1 aromatic rings. The van der Waals surface area contributed by atoms with Crippen LogP contribution in [0.25, 0.3) is 0 Å². The van der Waals surface area contributed by atoms with E-state index >= 15 is 0 Å². The van der Waals surface area contributed by atoms with E-state index in [4.69, 9.17) is 5.11 Å². The SMILES string of the molecule is CCC(C)C(NC(=O)NCCc1ccncc1)C(=O)O. The number of hydrogen-bond acceptors (Lipinski definition) is 3. The lowest BCUT2D eigenvalue weighted by Crippen LogP contribution is -2.49. The van der Waals surface area contributed by atoms with E-state index < -0.39 is 18.0 Å². The number of nitrogens with zero attached hydrogens (tertiary/aromatic N) is 1. The first-order chi connectivity index (χ1) is 9.54. The van der Waals surface area contributed by atoms with Gasteiger partial charge >= 0.3 is 12.0 Å². The molecule has 2 atom stereocenters. The molecule has 1 rings (SSSR count). The van der Waals surface area contributed by atoms with Crippen molar-refractivity contribution in [2.24, 2.45) is 5.92 Å². The van der Waals surface area contributed by atoms with Crippen molar-refractivity contribution >= 4 is 12.0 Å². The lowest BCUT2D eigenvalue weighted by atomic mass is 9.99. The highest BCUT2D eigenvalue weighted by Gasteiger charge is 2.24. The van der Waals surface area contributed by atoms with Crippen LogP contribution in [0.15, 0.2) is 24.5 Å². The van der Waals surface area contributed by atoms with E-state index in [0.717, 1.165) is 5.56 Å². The summed E-state index contributed by atoms with van der Waals surface area (Å²) in [5.41, 5.74) is 1.07. The minimum atomic E-state index is -1.01. The van der Waals surface area contributed by atoms with Crippen molar-refractivity contribution in [1.29, 1.82) is 0 Å². The normalized spacial score (nSPS) is 13.3. The number of aliphatic carboxylic acids is 1. The average Bonchev–Trinajstić information content (AvgIpc) is 2.45. The second-order valence-electron chi connectivity index (χ2n) is 4.71. The predicted octanol–water partition coefficient (Wildman–Crippen LogP) is 1.42. The Bertz CT molecular complexity index is 437. The van der Waals surface area contributed by atoms with Crippen molar-refractivity contribution in [1.82, 2.24) is 15.6 Å². The smallest absolute Gasteiger partial charge is 0.326 e. The molecule has 0 aliphatic heterocycles. The van der Waals surface area contributed by atoms with Crippen LogP contribution in [0.2, 0.25) is 0 Å². The van der Waals surface area contributed by atoms with Crippen LogP contribution in [0.4, 0.5) is 4.79 Å². The third kappa shape index (κ3) is 5.26. The molecule has 0 saturated heterocycles. The molecule has 110 valence electrons. The molecule has 6 nitrogen and oxygen atoms in total. The lowest BCUT2D eigenvalue weighted by Gasteiger charge is -2.20. The summed E-state index contributed by atoms with van der Waals surface area (Å²) >= 11 is 0. The highest BCUT2D eigenvalue weighted by molar-refractivity contribution is 5.82. The summed E-state index contributed by atoms with van der Waals surface area (Å²) in [7, 11) is 0. The van der Waals surface area contributed by atoms with E-state index in [1.807, 2.05) is 19.1 Å². The number of nitrogens with one attached hydrogen (secondary N) is 2. The lowest BCUT2D eigenvalue weighted by molar-refractivity contribution is -0.140. The number of hydrogen-bond donors (Lipinski definition) is 3. The number of carboxylic acids is 1. The summed E-state index contributed by atoms with van der Waals surface area (Å²) in [5.74, 6) is -1.12. The number of carbonyl (C=O) groups excluding carboxylic acids is 1. The first-order valence-electron chi connectivity index (χ1n) is 6.70. The standard InChI is InChI=1S/C14H21N3O3/c1-3-10(2)12(13(18)19)17-14(20)16-9-6-11-4-7-15-8-5-11/h4-5,7-8,10,12H,3,6,9H2,1-2H3,(H,18,19)(H2,16,17,20). The van der Waals surface area contributed by atoms with Gasteiger partial charge in [0.2, 0.25) is 0 Å². The summed E-state index contributed by atoms with van der Waals surface area (Å²) in [5, 5.41) is 14.2. The molecule has 2 unspecified atom stereocenters. The maximum atomic E-state index is 11.7. The van der Waals surface area contributed by atoms with E-state index in [1.165, 1.54) is 0 Å². The number of amides is 2.